The summed E-state index contributed by atoms with van der Waals surface area (Å²) >= 11 is 5.52. The zero-order valence-electron chi connectivity index (χ0n) is 10.2. The van der Waals surface area contributed by atoms with E-state index in [1.165, 1.54) is 0 Å². The molecule has 3 rings (SSSR count). The van der Waals surface area contributed by atoms with Gasteiger partial charge in [0.1, 0.15) is 10.7 Å². The van der Waals surface area contributed by atoms with E-state index in [9.17, 15) is 13.2 Å². The number of halogens is 4. The summed E-state index contributed by atoms with van der Waals surface area (Å²) in [5.41, 5.74) is -0.546. The number of benzene rings is 1. The topological polar surface area (TPSA) is 56.3 Å². The maximum Gasteiger partial charge on any atom is 0.420 e. The Balaban J connectivity index is 1.84. The van der Waals surface area contributed by atoms with E-state index in [-0.39, 0.29) is 12.7 Å². The van der Waals surface area contributed by atoms with E-state index in [0.29, 0.717) is 23.4 Å². The first kappa shape index (κ1) is 13.7. The number of ether oxygens (including phenoxy) is 2. The van der Waals surface area contributed by atoms with Crippen molar-refractivity contribution in [1.82, 2.24) is 9.97 Å². The van der Waals surface area contributed by atoms with Crippen molar-refractivity contribution < 1.29 is 22.6 Å². The van der Waals surface area contributed by atoms with Gasteiger partial charge in [-0.3, -0.25) is 0 Å². The molecular formula is C12H7ClF3N3O2. The van der Waals surface area contributed by atoms with Crippen molar-refractivity contribution in [2.75, 3.05) is 12.1 Å². The van der Waals surface area contributed by atoms with Crippen molar-refractivity contribution in [3.05, 3.63) is 35.1 Å². The second-order valence-corrected chi connectivity index (χ2v) is 4.45. The van der Waals surface area contributed by atoms with Crippen LogP contribution in [0, 0.1) is 0 Å². The summed E-state index contributed by atoms with van der Waals surface area (Å²) in [6, 6.07) is 4.94. The van der Waals surface area contributed by atoms with Crippen LogP contribution in [0.1, 0.15) is 5.56 Å². The van der Waals surface area contributed by atoms with Crippen LogP contribution in [0.2, 0.25) is 5.15 Å². The number of nitrogens with one attached hydrogen (secondary N) is 1. The minimum absolute atomic E-state index is 0.0492. The number of nitrogens with zero attached hydrogens (tertiary/aromatic N) is 2. The third-order valence-electron chi connectivity index (χ3n) is 2.68. The first-order valence-corrected chi connectivity index (χ1v) is 6.08. The van der Waals surface area contributed by atoms with Gasteiger partial charge in [0, 0.05) is 18.0 Å². The van der Waals surface area contributed by atoms with Crippen LogP contribution in [0.15, 0.2) is 24.4 Å². The number of rotatable bonds is 2. The highest BCUT2D eigenvalue weighted by Gasteiger charge is 2.34. The maximum atomic E-state index is 12.5. The number of aromatic nitrogens is 2. The largest absolute Gasteiger partial charge is 0.454 e. The van der Waals surface area contributed by atoms with Gasteiger partial charge in [0.15, 0.2) is 11.5 Å². The molecule has 0 radical (unpaired) electrons. The van der Waals surface area contributed by atoms with Gasteiger partial charge in [-0.15, -0.1) is 0 Å². The molecule has 1 aromatic carbocycles. The van der Waals surface area contributed by atoms with E-state index in [1.807, 2.05) is 0 Å². The van der Waals surface area contributed by atoms with Crippen molar-refractivity contribution >= 4 is 23.2 Å². The molecule has 21 heavy (non-hydrogen) atoms. The Labute approximate surface area is 121 Å². The Hall–Kier alpha value is -2.22. The van der Waals surface area contributed by atoms with Crippen molar-refractivity contribution in [3.8, 4) is 11.5 Å². The lowest BCUT2D eigenvalue weighted by Crippen LogP contribution is -2.09. The molecule has 0 saturated heterocycles. The average Bonchev–Trinajstić information content (AvgIpc) is 2.84. The fourth-order valence-electron chi connectivity index (χ4n) is 1.71. The van der Waals surface area contributed by atoms with E-state index < -0.39 is 16.9 Å². The zero-order chi connectivity index (χ0) is 15.0. The molecule has 1 N–H and O–H groups in total. The minimum Gasteiger partial charge on any atom is -0.454 e. The molecule has 1 aromatic heterocycles. The van der Waals surface area contributed by atoms with Crippen LogP contribution < -0.4 is 14.8 Å². The van der Waals surface area contributed by atoms with Gasteiger partial charge in [-0.05, 0) is 12.1 Å². The van der Waals surface area contributed by atoms with E-state index in [0.717, 1.165) is 0 Å². The van der Waals surface area contributed by atoms with Crippen molar-refractivity contribution in [1.29, 1.82) is 0 Å². The quantitative estimate of drug-likeness (QED) is 0.857. The van der Waals surface area contributed by atoms with Gasteiger partial charge in [-0.2, -0.15) is 13.2 Å². The Morgan fingerprint density at radius 2 is 1.95 bits per heavy atom. The summed E-state index contributed by atoms with van der Waals surface area (Å²) in [7, 11) is 0. The predicted octanol–water partition coefficient (Wildman–Crippen LogP) is 3.62. The van der Waals surface area contributed by atoms with Gasteiger partial charge in [-0.25, -0.2) is 9.97 Å². The van der Waals surface area contributed by atoms with Crippen LogP contribution >= 0.6 is 11.6 Å². The molecule has 0 amide bonds. The van der Waals surface area contributed by atoms with E-state index in [1.54, 1.807) is 18.2 Å². The van der Waals surface area contributed by atoms with Crippen molar-refractivity contribution in [2.45, 2.75) is 6.18 Å². The van der Waals surface area contributed by atoms with Gasteiger partial charge in [0.05, 0.1) is 0 Å². The summed E-state index contributed by atoms with van der Waals surface area (Å²) in [6.45, 7) is 0.126. The molecule has 0 saturated carbocycles. The van der Waals surface area contributed by atoms with Gasteiger partial charge in [-0.1, -0.05) is 11.6 Å². The number of alkyl halides is 3. The van der Waals surface area contributed by atoms with Gasteiger partial charge < -0.3 is 14.8 Å². The monoisotopic (exact) mass is 317 g/mol. The predicted molar refractivity (Wildman–Crippen MR) is 67.9 cm³/mol. The van der Waals surface area contributed by atoms with Crippen LogP contribution in [0.5, 0.6) is 11.5 Å². The lowest BCUT2D eigenvalue weighted by atomic mass is 10.3. The molecule has 1 aliphatic rings. The Morgan fingerprint density at radius 1 is 1.19 bits per heavy atom. The Bertz CT molecular complexity index is 694. The third kappa shape index (κ3) is 2.80. The van der Waals surface area contributed by atoms with E-state index in [2.05, 4.69) is 15.3 Å². The normalized spacial score (nSPS) is 13.3. The summed E-state index contributed by atoms with van der Waals surface area (Å²) in [5.74, 6) is 1.07. The summed E-state index contributed by atoms with van der Waals surface area (Å²) in [5, 5.41) is 2.08. The molecule has 0 fully saturated rings. The van der Waals surface area contributed by atoms with Crippen LogP contribution in [-0.2, 0) is 6.18 Å². The van der Waals surface area contributed by atoms with Gasteiger partial charge in [0.2, 0.25) is 12.7 Å². The Kier molecular flexibility index (Phi) is 3.25. The first-order valence-electron chi connectivity index (χ1n) is 5.70. The van der Waals surface area contributed by atoms with Gasteiger partial charge >= 0.3 is 6.18 Å². The second-order valence-electron chi connectivity index (χ2n) is 4.09. The smallest absolute Gasteiger partial charge is 0.420 e. The van der Waals surface area contributed by atoms with Crippen LogP contribution in [0.25, 0.3) is 0 Å². The highest BCUT2D eigenvalue weighted by Crippen LogP contribution is 2.36. The van der Waals surface area contributed by atoms with E-state index >= 15 is 0 Å². The van der Waals surface area contributed by atoms with Crippen LogP contribution in [0.4, 0.5) is 24.8 Å². The Morgan fingerprint density at radius 3 is 2.67 bits per heavy atom. The molecule has 110 valence electrons. The molecular weight excluding hydrogens is 311 g/mol. The summed E-state index contributed by atoms with van der Waals surface area (Å²) in [6.07, 6.45) is -3.96. The fraction of sp³-hybridized carbons (Fsp3) is 0.167. The lowest BCUT2D eigenvalue weighted by Gasteiger charge is -2.10. The molecule has 1 aliphatic heterocycles. The SMILES string of the molecule is FC(F)(F)c1cnc(Nc2ccc3c(c2)OCO3)nc1Cl. The van der Waals surface area contributed by atoms with Crippen LogP contribution in [-0.4, -0.2) is 16.8 Å². The molecule has 9 heteroatoms. The lowest BCUT2D eigenvalue weighted by molar-refractivity contribution is -0.137. The molecule has 2 aromatic rings. The van der Waals surface area contributed by atoms with E-state index in [4.69, 9.17) is 21.1 Å². The minimum atomic E-state index is -4.59. The summed E-state index contributed by atoms with van der Waals surface area (Å²) in [4.78, 5) is 7.18. The van der Waals surface area contributed by atoms with Gasteiger partial charge in [0.25, 0.3) is 0 Å². The maximum absolute atomic E-state index is 12.5. The number of fused-ring (bicyclic) bond motifs is 1. The third-order valence-corrected chi connectivity index (χ3v) is 2.96. The molecule has 0 spiro atoms. The summed E-state index contributed by atoms with van der Waals surface area (Å²) < 4.78 is 48.0. The average molecular weight is 318 g/mol. The highest BCUT2D eigenvalue weighted by molar-refractivity contribution is 6.30. The number of hydrogen-bond donors (Lipinski definition) is 1. The molecule has 0 atom stereocenters. The number of hydrogen-bond acceptors (Lipinski definition) is 5. The van der Waals surface area contributed by atoms with Crippen molar-refractivity contribution in [3.63, 3.8) is 0 Å². The second kappa shape index (κ2) is 4.96. The fourth-order valence-corrected chi connectivity index (χ4v) is 1.95. The molecule has 0 unspecified atom stereocenters. The zero-order valence-corrected chi connectivity index (χ0v) is 11.0. The van der Waals surface area contributed by atoms with Crippen LogP contribution in [0.3, 0.4) is 0 Å². The standard InChI is InChI=1S/C12H7ClF3N3O2/c13-10-7(12(14,15)16)4-17-11(19-10)18-6-1-2-8-9(3-6)21-5-20-8/h1-4H,5H2,(H,17,18,19). The molecule has 0 aliphatic carbocycles. The molecule has 5 nitrogen and oxygen atoms in total. The molecule has 0 bridgehead atoms. The highest BCUT2D eigenvalue weighted by atomic mass is 35.5. The van der Waals surface area contributed by atoms with Crippen molar-refractivity contribution in [2.24, 2.45) is 0 Å². The first-order chi connectivity index (χ1) is 9.93. The molecule has 2 heterocycles. The number of anilines is 2.